The summed E-state index contributed by atoms with van der Waals surface area (Å²) in [5, 5.41) is 3.38. The molecule has 1 aromatic heterocycles. The van der Waals surface area contributed by atoms with Crippen molar-refractivity contribution < 1.29 is 4.79 Å². The number of primary amides is 1. The van der Waals surface area contributed by atoms with Gasteiger partial charge in [-0.2, -0.15) is 0 Å². The number of benzene rings is 1. The van der Waals surface area contributed by atoms with E-state index >= 15 is 0 Å². The van der Waals surface area contributed by atoms with E-state index in [1.54, 1.807) is 11.3 Å². The fourth-order valence-corrected chi connectivity index (χ4v) is 3.19. The Labute approximate surface area is 104 Å². The van der Waals surface area contributed by atoms with Crippen LogP contribution in [0.4, 0.5) is 5.69 Å². The summed E-state index contributed by atoms with van der Waals surface area (Å²) >= 11 is 1.75. The zero-order valence-corrected chi connectivity index (χ0v) is 10.2. The highest BCUT2D eigenvalue weighted by molar-refractivity contribution is 7.17. The first-order valence-corrected chi connectivity index (χ1v) is 6.63. The molecule has 17 heavy (non-hydrogen) atoms. The Hall–Kier alpha value is -1.55. The van der Waals surface area contributed by atoms with E-state index in [0.29, 0.717) is 0 Å². The normalized spacial score (nSPS) is 20.0. The zero-order chi connectivity index (χ0) is 11.8. The van der Waals surface area contributed by atoms with Gasteiger partial charge in [-0.1, -0.05) is 6.07 Å². The zero-order valence-electron chi connectivity index (χ0n) is 9.43. The van der Waals surface area contributed by atoms with Gasteiger partial charge in [-0.3, -0.25) is 4.79 Å². The van der Waals surface area contributed by atoms with E-state index in [1.807, 2.05) is 0 Å². The number of anilines is 1. The summed E-state index contributed by atoms with van der Waals surface area (Å²) in [5.74, 6) is -0.168. The fraction of sp³-hybridized carbons (Fsp3) is 0.308. The highest BCUT2D eigenvalue weighted by Crippen LogP contribution is 2.29. The van der Waals surface area contributed by atoms with Crippen molar-refractivity contribution in [2.45, 2.75) is 6.42 Å². The van der Waals surface area contributed by atoms with Crippen LogP contribution < -0.4 is 10.6 Å². The van der Waals surface area contributed by atoms with Gasteiger partial charge in [-0.05, 0) is 35.4 Å². The van der Waals surface area contributed by atoms with Crippen LogP contribution >= 0.6 is 11.3 Å². The molecule has 1 amide bonds. The molecule has 1 aromatic carbocycles. The highest BCUT2D eigenvalue weighted by Gasteiger charge is 2.26. The predicted octanol–water partition coefficient (Wildman–Crippen LogP) is 2.21. The summed E-state index contributed by atoms with van der Waals surface area (Å²) in [5.41, 5.74) is 6.55. The van der Waals surface area contributed by atoms with E-state index in [4.69, 9.17) is 5.73 Å². The van der Waals surface area contributed by atoms with Gasteiger partial charge in [0.25, 0.3) is 0 Å². The second-order valence-electron chi connectivity index (χ2n) is 4.48. The monoisotopic (exact) mass is 246 g/mol. The summed E-state index contributed by atoms with van der Waals surface area (Å²) in [7, 11) is 0. The highest BCUT2D eigenvalue weighted by atomic mass is 32.1. The predicted molar refractivity (Wildman–Crippen MR) is 71.3 cm³/mol. The standard InChI is InChI=1S/C13H14N2OS/c14-13(16)10-3-5-15(8-10)11-2-1-9-4-6-17-12(9)7-11/h1-2,4,6-7,10H,3,5,8H2,(H2,14,16). The molecule has 2 N–H and O–H groups in total. The number of carbonyl (C=O) groups is 1. The number of hydrogen-bond acceptors (Lipinski definition) is 3. The molecule has 1 aliphatic rings. The summed E-state index contributed by atoms with van der Waals surface area (Å²) in [6.07, 6.45) is 0.873. The molecule has 2 aromatic rings. The van der Waals surface area contributed by atoms with E-state index in [2.05, 4.69) is 34.5 Å². The number of nitrogens with zero attached hydrogens (tertiary/aromatic N) is 1. The lowest BCUT2D eigenvalue weighted by atomic mass is 10.1. The molecule has 0 aliphatic carbocycles. The van der Waals surface area contributed by atoms with Gasteiger partial charge in [-0.25, -0.2) is 0 Å². The first-order valence-electron chi connectivity index (χ1n) is 5.75. The molecule has 1 aliphatic heterocycles. The number of carbonyl (C=O) groups excluding carboxylic acids is 1. The molecular formula is C13H14N2OS. The van der Waals surface area contributed by atoms with Crippen LogP contribution in [0, 0.1) is 5.92 Å². The number of nitrogens with two attached hydrogens (primary N) is 1. The van der Waals surface area contributed by atoms with Crippen molar-refractivity contribution in [1.29, 1.82) is 0 Å². The average Bonchev–Trinajstić information content (AvgIpc) is 2.97. The molecule has 1 unspecified atom stereocenters. The van der Waals surface area contributed by atoms with Crippen molar-refractivity contribution in [2.75, 3.05) is 18.0 Å². The molecular weight excluding hydrogens is 232 g/mol. The average molecular weight is 246 g/mol. The third-order valence-electron chi connectivity index (χ3n) is 3.40. The van der Waals surface area contributed by atoms with Crippen LogP contribution in [-0.4, -0.2) is 19.0 Å². The van der Waals surface area contributed by atoms with Crippen molar-refractivity contribution in [3.8, 4) is 0 Å². The molecule has 0 radical (unpaired) electrons. The smallest absolute Gasteiger partial charge is 0.222 e. The van der Waals surface area contributed by atoms with E-state index < -0.39 is 0 Å². The minimum atomic E-state index is -0.176. The van der Waals surface area contributed by atoms with Crippen LogP contribution in [0.1, 0.15) is 6.42 Å². The van der Waals surface area contributed by atoms with Crippen LogP contribution in [0.25, 0.3) is 10.1 Å². The third kappa shape index (κ3) is 1.89. The van der Waals surface area contributed by atoms with Crippen molar-refractivity contribution in [3.63, 3.8) is 0 Å². The minimum Gasteiger partial charge on any atom is -0.371 e. The first kappa shape index (κ1) is 10.6. The van der Waals surface area contributed by atoms with Gasteiger partial charge < -0.3 is 10.6 Å². The summed E-state index contributed by atoms with van der Waals surface area (Å²) in [6.45, 7) is 1.68. The van der Waals surface area contributed by atoms with Crippen LogP contribution in [0.5, 0.6) is 0 Å². The molecule has 3 rings (SSSR count). The Morgan fingerprint density at radius 2 is 2.29 bits per heavy atom. The Kier molecular flexibility index (Phi) is 2.52. The van der Waals surface area contributed by atoms with Gasteiger partial charge in [0.05, 0.1) is 5.92 Å². The molecule has 88 valence electrons. The number of fused-ring (bicyclic) bond motifs is 1. The molecule has 1 atom stereocenters. The summed E-state index contributed by atoms with van der Waals surface area (Å²) in [4.78, 5) is 13.4. The molecule has 1 saturated heterocycles. The van der Waals surface area contributed by atoms with Crippen LogP contribution in [0.15, 0.2) is 29.6 Å². The number of hydrogen-bond donors (Lipinski definition) is 1. The Morgan fingerprint density at radius 3 is 3.06 bits per heavy atom. The molecule has 4 heteroatoms. The maximum atomic E-state index is 11.1. The Bertz CT molecular complexity index is 563. The van der Waals surface area contributed by atoms with E-state index in [-0.39, 0.29) is 11.8 Å². The van der Waals surface area contributed by atoms with Crippen molar-refractivity contribution >= 4 is 33.0 Å². The van der Waals surface area contributed by atoms with Crippen molar-refractivity contribution in [3.05, 3.63) is 29.6 Å². The van der Waals surface area contributed by atoms with Crippen molar-refractivity contribution in [1.82, 2.24) is 0 Å². The van der Waals surface area contributed by atoms with Crippen LogP contribution in [0.2, 0.25) is 0 Å². The number of amides is 1. The largest absolute Gasteiger partial charge is 0.371 e. The second kappa shape index (κ2) is 4.04. The van der Waals surface area contributed by atoms with Gasteiger partial charge in [0.2, 0.25) is 5.91 Å². The van der Waals surface area contributed by atoms with Gasteiger partial charge in [0.15, 0.2) is 0 Å². The van der Waals surface area contributed by atoms with Gasteiger partial charge in [0.1, 0.15) is 0 Å². The molecule has 3 nitrogen and oxygen atoms in total. The number of thiophene rings is 1. The summed E-state index contributed by atoms with van der Waals surface area (Å²) < 4.78 is 1.30. The van der Waals surface area contributed by atoms with Crippen molar-refractivity contribution in [2.24, 2.45) is 11.7 Å². The maximum Gasteiger partial charge on any atom is 0.222 e. The fourth-order valence-electron chi connectivity index (χ4n) is 2.37. The van der Waals surface area contributed by atoms with Gasteiger partial charge >= 0.3 is 0 Å². The van der Waals surface area contributed by atoms with Crippen LogP contribution in [-0.2, 0) is 4.79 Å². The number of rotatable bonds is 2. The lowest BCUT2D eigenvalue weighted by Crippen LogP contribution is -2.27. The second-order valence-corrected chi connectivity index (χ2v) is 5.42. The lowest BCUT2D eigenvalue weighted by molar-refractivity contribution is -0.121. The minimum absolute atomic E-state index is 0.00836. The molecule has 0 spiro atoms. The maximum absolute atomic E-state index is 11.1. The van der Waals surface area contributed by atoms with E-state index in [1.165, 1.54) is 15.8 Å². The molecule has 0 bridgehead atoms. The Morgan fingerprint density at radius 1 is 1.41 bits per heavy atom. The quantitative estimate of drug-likeness (QED) is 0.883. The first-order chi connectivity index (χ1) is 8.24. The van der Waals surface area contributed by atoms with Gasteiger partial charge in [0, 0.05) is 23.5 Å². The Balaban J connectivity index is 1.87. The van der Waals surface area contributed by atoms with E-state index in [0.717, 1.165) is 19.5 Å². The SMILES string of the molecule is NC(=O)C1CCN(c2ccc3ccsc3c2)C1. The topological polar surface area (TPSA) is 46.3 Å². The lowest BCUT2D eigenvalue weighted by Gasteiger charge is -2.18. The molecule has 1 fully saturated rings. The van der Waals surface area contributed by atoms with Gasteiger partial charge in [-0.15, -0.1) is 11.3 Å². The molecule has 0 saturated carbocycles. The third-order valence-corrected chi connectivity index (χ3v) is 4.28. The van der Waals surface area contributed by atoms with Crippen LogP contribution in [0.3, 0.4) is 0 Å². The summed E-state index contributed by atoms with van der Waals surface area (Å²) in [6, 6.07) is 8.58. The molecule has 2 heterocycles. The van der Waals surface area contributed by atoms with E-state index in [9.17, 15) is 4.79 Å².